The number of rotatable bonds is 7. The molecule has 1 aliphatic heterocycles. The number of nitrogens with one attached hydrogen (secondary N) is 1. The van der Waals surface area contributed by atoms with E-state index in [4.69, 9.17) is 15.9 Å². The fourth-order valence-electron chi connectivity index (χ4n) is 3.73. The van der Waals surface area contributed by atoms with Gasteiger partial charge in [-0.05, 0) is 55.5 Å². The van der Waals surface area contributed by atoms with Crippen molar-refractivity contribution in [3.8, 4) is 23.8 Å². The van der Waals surface area contributed by atoms with Gasteiger partial charge in [-0.2, -0.15) is 0 Å². The minimum atomic E-state index is -0.0667. The summed E-state index contributed by atoms with van der Waals surface area (Å²) >= 11 is 0. The quantitative estimate of drug-likeness (QED) is 0.717. The summed E-state index contributed by atoms with van der Waals surface area (Å²) in [5, 5.41) is 3.05. The number of piperidine rings is 1. The molecule has 1 aliphatic carbocycles. The smallest absolute Gasteiger partial charge is 0.255 e. The van der Waals surface area contributed by atoms with Crippen LogP contribution >= 0.6 is 0 Å². The second kappa shape index (κ2) is 9.23. The van der Waals surface area contributed by atoms with Gasteiger partial charge in [0.25, 0.3) is 5.91 Å². The number of carbonyl (C=O) groups is 1. The van der Waals surface area contributed by atoms with E-state index in [-0.39, 0.29) is 12.0 Å². The standard InChI is InChI=1S/C25H28N2O3/c1-3-18-4-6-19(7-5-18)17-27-14-12-21(13-15-27)30-24-16-22(29-2)10-11-23(24)25(28)26-20-8-9-20/h1,4-7,10-11,16,20-21H,8-9,12-15,17H2,2H3,(H,26,28). The summed E-state index contributed by atoms with van der Waals surface area (Å²) < 4.78 is 11.6. The number of benzene rings is 2. The Morgan fingerprint density at radius 2 is 1.87 bits per heavy atom. The van der Waals surface area contributed by atoms with Crippen LogP contribution in [-0.2, 0) is 6.54 Å². The highest BCUT2D eigenvalue weighted by molar-refractivity contribution is 5.97. The van der Waals surface area contributed by atoms with Crippen LogP contribution < -0.4 is 14.8 Å². The lowest BCUT2D eigenvalue weighted by Crippen LogP contribution is -2.38. The SMILES string of the molecule is C#Cc1ccc(CN2CCC(Oc3cc(OC)ccc3C(=O)NC3CC3)CC2)cc1. The highest BCUT2D eigenvalue weighted by Gasteiger charge is 2.27. The molecule has 1 amide bonds. The second-order valence-electron chi connectivity index (χ2n) is 8.04. The van der Waals surface area contributed by atoms with Gasteiger partial charge in [0, 0.05) is 37.3 Å². The van der Waals surface area contributed by atoms with E-state index in [1.807, 2.05) is 24.3 Å². The van der Waals surface area contributed by atoms with E-state index in [0.717, 1.165) is 50.9 Å². The average Bonchev–Trinajstić information content (AvgIpc) is 3.59. The molecule has 156 valence electrons. The molecule has 4 rings (SSSR count). The number of carbonyl (C=O) groups excluding carboxylic acids is 1. The number of amides is 1. The summed E-state index contributed by atoms with van der Waals surface area (Å²) in [7, 11) is 1.62. The summed E-state index contributed by atoms with van der Waals surface area (Å²) in [6.45, 7) is 2.82. The van der Waals surface area contributed by atoms with E-state index in [9.17, 15) is 4.79 Å². The fraction of sp³-hybridized carbons (Fsp3) is 0.400. The zero-order valence-electron chi connectivity index (χ0n) is 17.4. The van der Waals surface area contributed by atoms with E-state index >= 15 is 0 Å². The predicted octanol–water partition coefficient (Wildman–Crippen LogP) is 3.61. The number of terminal acetylenes is 1. The lowest BCUT2D eigenvalue weighted by Gasteiger charge is -2.32. The van der Waals surface area contributed by atoms with Crippen molar-refractivity contribution < 1.29 is 14.3 Å². The third kappa shape index (κ3) is 5.14. The molecule has 1 saturated carbocycles. The molecule has 1 N–H and O–H groups in total. The van der Waals surface area contributed by atoms with Gasteiger partial charge in [0.2, 0.25) is 0 Å². The van der Waals surface area contributed by atoms with Crippen molar-refractivity contribution in [2.24, 2.45) is 0 Å². The molecule has 2 aromatic carbocycles. The van der Waals surface area contributed by atoms with Crippen molar-refractivity contribution in [2.75, 3.05) is 20.2 Å². The zero-order valence-corrected chi connectivity index (χ0v) is 17.4. The molecule has 1 saturated heterocycles. The number of likely N-dealkylation sites (tertiary alicyclic amines) is 1. The van der Waals surface area contributed by atoms with E-state index in [1.54, 1.807) is 13.2 Å². The molecular formula is C25H28N2O3. The maximum absolute atomic E-state index is 12.6. The van der Waals surface area contributed by atoms with Crippen molar-refractivity contribution in [2.45, 2.75) is 44.4 Å². The number of hydrogen-bond donors (Lipinski definition) is 1. The van der Waals surface area contributed by atoms with Crippen LogP contribution in [0.1, 0.15) is 47.2 Å². The van der Waals surface area contributed by atoms with Crippen LogP contribution in [0.15, 0.2) is 42.5 Å². The predicted molar refractivity (Wildman–Crippen MR) is 117 cm³/mol. The molecule has 30 heavy (non-hydrogen) atoms. The van der Waals surface area contributed by atoms with Crippen molar-refractivity contribution in [3.05, 3.63) is 59.2 Å². The Kier molecular flexibility index (Phi) is 6.25. The van der Waals surface area contributed by atoms with E-state index in [2.05, 4.69) is 28.3 Å². The summed E-state index contributed by atoms with van der Waals surface area (Å²) in [6.07, 6.45) is 9.47. The summed E-state index contributed by atoms with van der Waals surface area (Å²) in [5.41, 5.74) is 2.75. The third-order valence-corrected chi connectivity index (χ3v) is 5.70. The van der Waals surface area contributed by atoms with Gasteiger partial charge in [-0.15, -0.1) is 6.42 Å². The van der Waals surface area contributed by atoms with E-state index < -0.39 is 0 Å². The molecule has 0 bridgehead atoms. The van der Waals surface area contributed by atoms with E-state index in [0.29, 0.717) is 23.1 Å². The zero-order chi connectivity index (χ0) is 20.9. The molecule has 2 aliphatic rings. The van der Waals surface area contributed by atoms with Crippen molar-refractivity contribution >= 4 is 5.91 Å². The number of methoxy groups -OCH3 is 1. The molecule has 0 spiro atoms. The third-order valence-electron chi connectivity index (χ3n) is 5.70. The lowest BCUT2D eigenvalue weighted by molar-refractivity contribution is 0.0889. The van der Waals surface area contributed by atoms with Crippen molar-refractivity contribution in [1.82, 2.24) is 10.2 Å². The van der Waals surface area contributed by atoms with Gasteiger partial charge in [-0.25, -0.2) is 0 Å². The Hall–Kier alpha value is -2.97. The molecule has 5 nitrogen and oxygen atoms in total. The molecule has 0 atom stereocenters. The largest absolute Gasteiger partial charge is 0.497 e. The van der Waals surface area contributed by atoms with Crippen LogP contribution in [0, 0.1) is 12.3 Å². The van der Waals surface area contributed by atoms with Crippen LogP contribution in [0.25, 0.3) is 0 Å². The first-order chi connectivity index (χ1) is 14.6. The molecule has 0 radical (unpaired) electrons. The molecule has 2 fully saturated rings. The van der Waals surface area contributed by atoms with Crippen molar-refractivity contribution in [3.63, 3.8) is 0 Å². The molecule has 0 aromatic heterocycles. The molecule has 1 heterocycles. The normalized spacial score (nSPS) is 17.2. The number of nitrogens with zero attached hydrogens (tertiary/aromatic N) is 1. The van der Waals surface area contributed by atoms with Crippen LogP contribution in [0.4, 0.5) is 0 Å². The maximum atomic E-state index is 12.6. The highest BCUT2D eigenvalue weighted by Crippen LogP contribution is 2.29. The number of hydrogen-bond acceptors (Lipinski definition) is 4. The second-order valence-corrected chi connectivity index (χ2v) is 8.04. The van der Waals surface area contributed by atoms with Gasteiger partial charge in [0.05, 0.1) is 12.7 Å². The minimum Gasteiger partial charge on any atom is -0.497 e. The van der Waals surface area contributed by atoms with Gasteiger partial charge in [-0.1, -0.05) is 18.1 Å². The van der Waals surface area contributed by atoms with Gasteiger partial charge < -0.3 is 14.8 Å². The molecule has 0 unspecified atom stereocenters. The highest BCUT2D eigenvalue weighted by atomic mass is 16.5. The van der Waals surface area contributed by atoms with Crippen LogP contribution in [0.5, 0.6) is 11.5 Å². The van der Waals surface area contributed by atoms with Gasteiger partial charge >= 0.3 is 0 Å². The fourth-order valence-corrected chi connectivity index (χ4v) is 3.73. The first kappa shape index (κ1) is 20.3. The van der Waals surface area contributed by atoms with Crippen LogP contribution in [0.3, 0.4) is 0 Å². The first-order valence-corrected chi connectivity index (χ1v) is 10.6. The molecule has 5 heteroatoms. The Bertz CT molecular complexity index is 920. The van der Waals surface area contributed by atoms with E-state index in [1.165, 1.54) is 5.56 Å². The Labute approximate surface area is 178 Å². The summed E-state index contributed by atoms with van der Waals surface area (Å²) in [5.74, 6) is 3.89. The number of ether oxygens (including phenoxy) is 2. The topological polar surface area (TPSA) is 50.8 Å². The van der Waals surface area contributed by atoms with Crippen LogP contribution in [-0.4, -0.2) is 43.2 Å². The summed E-state index contributed by atoms with van der Waals surface area (Å²) in [4.78, 5) is 15.0. The monoisotopic (exact) mass is 404 g/mol. The van der Waals surface area contributed by atoms with Crippen molar-refractivity contribution in [1.29, 1.82) is 0 Å². The lowest BCUT2D eigenvalue weighted by atomic mass is 10.1. The van der Waals surface area contributed by atoms with Gasteiger partial charge in [0.1, 0.15) is 17.6 Å². The van der Waals surface area contributed by atoms with Gasteiger partial charge in [-0.3, -0.25) is 9.69 Å². The van der Waals surface area contributed by atoms with Gasteiger partial charge in [0.15, 0.2) is 0 Å². The maximum Gasteiger partial charge on any atom is 0.255 e. The Morgan fingerprint density at radius 1 is 1.13 bits per heavy atom. The first-order valence-electron chi connectivity index (χ1n) is 10.6. The van der Waals surface area contributed by atoms with Crippen LogP contribution in [0.2, 0.25) is 0 Å². The summed E-state index contributed by atoms with van der Waals surface area (Å²) in [6, 6.07) is 13.9. The Balaban J connectivity index is 1.35. The molecular weight excluding hydrogens is 376 g/mol. The average molecular weight is 405 g/mol. The minimum absolute atomic E-state index is 0.0667. The Morgan fingerprint density at radius 3 is 2.50 bits per heavy atom. The molecule has 2 aromatic rings.